The summed E-state index contributed by atoms with van der Waals surface area (Å²) in [5.41, 5.74) is 0.291. The maximum absolute atomic E-state index is 11.9. The Morgan fingerprint density at radius 1 is 1.06 bits per heavy atom. The van der Waals surface area contributed by atoms with Crippen LogP contribution in [-0.2, 0) is 9.53 Å². The largest absolute Gasteiger partial charge is 0.471 e. The average molecular weight is 262 g/mol. The van der Waals surface area contributed by atoms with Crippen LogP contribution in [0.2, 0.25) is 0 Å². The van der Waals surface area contributed by atoms with Gasteiger partial charge in [-0.05, 0) is 24.3 Å². The lowest BCUT2D eigenvalue weighted by molar-refractivity contribution is -0.167. The van der Waals surface area contributed by atoms with Crippen molar-refractivity contribution in [3.05, 3.63) is 24.3 Å². The third kappa shape index (κ3) is 3.96. The number of hydrogen-bond donors (Lipinski definition) is 2. The van der Waals surface area contributed by atoms with Crippen LogP contribution in [-0.4, -0.2) is 25.3 Å². The highest BCUT2D eigenvalue weighted by Gasteiger charge is 2.38. The summed E-state index contributed by atoms with van der Waals surface area (Å²) in [4.78, 5) is 21.4. The summed E-state index contributed by atoms with van der Waals surface area (Å²) in [5, 5.41) is 3.97. The van der Waals surface area contributed by atoms with E-state index in [1.54, 1.807) is 5.32 Å². The van der Waals surface area contributed by atoms with E-state index in [0.717, 1.165) is 0 Å². The maximum Gasteiger partial charge on any atom is 0.471 e. The SMILES string of the molecule is COC(=O)Nc1ccc(NC(=O)C(F)(F)F)cc1. The number of benzene rings is 1. The van der Waals surface area contributed by atoms with Gasteiger partial charge in [0.2, 0.25) is 0 Å². The standard InChI is InChI=1S/C10H9F3N2O3/c1-18-9(17)15-7-4-2-6(3-5-7)14-8(16)10(11,12)13/h2-5H,1H3,(H,14,16)(H,15,17). The minimum Gasteiger partial charge on any atom is -0.453 e. The van der Waals surface area contributed by atoms with Gasteiger partial charge in [-0.2, -0.15) is 13.2 Å². The molecule has 0 saturated carbocycles. The van der Waals surface area contributed by atoms with Crippen molar-refractivity contribution in [1.29, 1.82) is 0 Å². The smallest absolute Gasteiger partial charge is 0.453 e. The summed E-state index contributed by atoms with van der Waals surface area (Å²) in [6, 6.07) is 5.08. The van der Waals surface area contributed by atoms with Crippen LogP contribution >= 0.6 is 0 Å². The number of nitrogens with one attached hydrogen (secondary N) is 2. The van der Waals surface area contributed by atoms with Crippen LogP contribution in [0.1, 0.15) is 0 Å². The number of hydrogen-bond acceptors (Lipinski definition) is 3. The van der Waals surface area contributed by atoms with Gasteiger partial charge in [-0.15, -0.1) is 0 Å². The van der Waals surface area contributed by atoms with Gasteiger partial charge in [0.15, 0.2) is 0 Å². The van der Waals surface area contributed by atoms with E-state index in [9.17, 15) is 22.8 Å². The van der Waals surface area contributed by atoms with Gasteiger partial charge in [0, 0.05) is 11.4 Å². The van der Waals surface area contributed by atoms with Crippen LogP contribution in [0.15, 0.2) is 24.3 Å². The first-order valence-electron chi connectivity index (χ1n) is 4.66. The van der Waals surface area contributed by atoms with Crippen molar-refractivity contribution in [2.75, 3.05) is 17.7 Å². The van der Waals surface area contributed by atoms with Crippen LogP contribution in [0.4, 0.5) is 29.3 Å². The first-order chi connectivity index (χ1) is 8.32. The van der Waals surface area contributed by atoms with Gasteiger partial charge in [0.1, 0.15) is 0 Å². The minimum atomic E-state index is -4.94. The first-order valence-corrected chi connectivity index (χ1v) is 4.66. The van der Waals surface area contributed by atoms with Gasteiger partial charge in [0.05, 0.1) is 7.11 Å². The van der Waals surface area contributed by atoms with Crippen molar-refractivity contribution >= 4 is 23.4 Å². The molecule has 0 heterocycles. The molecule has 0 aliphatic carbocycles. The van der Waals surface area contributed by atoms with E-state index in [2.05, 4.69) is 10.1 Å². The lowest BCUT2D eigenvalue weighted by Crippen LogP contribution is -2.29. The molecule has 98 valence electrons. The zero-order valence-corrected chi connectivity index (χ0v) is 9.17. The fourth-order valence-corrected chi connectivity index (χ4v) is 1.01. The zero-order chi connectivity index (χ0) is 13.8. The molecule has 5 nitrogen and oxygen atoms in total. The number of alkyl halides is 3. The summed E-state index contributed by atoms with van der Waals surface area (Å²) in [6.07, 6.45) is -5.65. The zero-order valence-electron chi connectivity index (χ0n) is 9.17. The summed E-state index contributed by atoms with van der Waals surface area (Å²) in [5.74, 6) is -2.06. The second-order valence-electron chi connectivity index (χ2n) is 3.15. The topological polar surface area (TPSA) is 67.4 Å². The highest BCUT2D eigenvalue weighted by atomic mass is 19.4. The number of anilines is 2. The lowest BCUT2D eigenvalue weighted by Gasteiger charge is -2.08. The molecule has 1 aromatic carbocycles. The van der Waals surface area contributed by atoms with E-state index in [1.165, 1.54) is 31.4 Å². The first kappa shape index (κ1) is 13.8. The molecule has 2 amide bonds. The molecule has 0 saturated heterocycles. The fourth-order valence-electron chi connectivity index (χ4n) is 1.01. The summed E-state index contributed by atoms with van der Waals surface area (Å²) in [6.45, 7) is 0. The number of carbonyl (C=O) groups excluding carboxylic acids is 2. The van der Waals surface area contributed by atoms with E-state index in [-0.39, 0.29) is 5.69 Å². The second-order valence-corrected chi connectivity index (χ2v) is 3.15. The third-order valence-electron chi connectivity index (χ3n) is 1.83. The number of ether oxygens (including phenoxy) is 1. The van der Waals surface area contributed by atoms with Gasteiger partial charge in [-0.25, -0.2) is 4.79 Å². The number of methoxy groups -OCH3 is 1. The average Bonchev–Trinajstić information content (AvgIpc) is 2.30. The molecule has 0 aliphatic rings. The quantitative estimate of drug-likeness (QED) is 0.859. The predicted octanol–water partition coefficient (Wildman–Crippen LogP) is 2.37. The molecule has 0 aliphatic heterocycles. The Balaban J connectivity index is 2.66. The second kappa shape index (κ2) is 5.39. The monoisotopic (exact) mass is 262 g/mol. The molecule has 2 N–H and O–H groups in total. The van der Waals surface area contributed by atoms with Crippen LogP contribution in [0.5, 0.6) is 0 Å². The van der Waals surface area contributed by atoms with Gasteiger partial charge in [0.25, 0.3) is 0 Å². The molecule has 18 heavy (non-hydrogen) atoms. The van der Waals surface area contributed by atoms with Crippen molar-refractivity contribution in [1.82, 2.24) is 0 Å². The molecule has 0 unspecified atom stereocenters. The number of rotatable bonds is 2. The Labute approximate surface area is 99.9 Å². The molecule has 0 fully saturated rings. The summed E-state index contributed by atoms with van der Waals surface area (Å²) < 4.78 is 40.2. The van der Waals surface area contributed by atoms with Crippen LogP contribution in [0.3, 0.4) is 0 Å². The van der Waals surface area contributed by atoms with E-state index in [4.69, 9.17) is 0 Å². The summed E-state index contributed by atoms with van der Waals surface area (Å²) in [7, 11) is 1.17. The Bertz CT molecular complexity index is 443. The molecule has 8 heteroatoms. The molecule has 0 spiro atoms. The van der Waals surface area contributed by atoms with E-state index < -0.39 is 18.2 Å². The molecule has 0 bridgehead atoms. The van der Waals surface area contributed by atoms with Crippen molar-refractivity contribution in [2.45, 2.75) is 6.18 Å². The minimum absolute atomic E-state index is 0.0345. The Morgan fingerprint density at radius 2 is 1.50 bits per heavy atom. The third-order valence-corrected chi connectivity index (χ3v) is 1.83. The normalized spacial score (nSPS) is 10.7. The van der Waals surface area contributed by atoms with Crippen LogP contribution in [0, 0.1) is 0 Å². The highest BCUT2D eigenvalue weighted by Crippen LogP contribution is 2.19. The van der Waals surface area contributed by atoms with E-state index >= 15 is 0 Å². The Morgan fingerprint density at radius 3 is 1.89 bits per heavy atom. The van der Waals surface area contributed by atoms with Gasteiger partial charge >= 0.3 is 18.2 Å². The number of halogens is 3. The molecule has 0 radical (unpaired) electrons. The van der Waals surface area contributed by atoms with Crippen molar-refractivity contribution < 1.29 is 27.5 Å². The van der Waals surface area contributed by atoms with Crippen molar-refractivity contribution in [2.24, 2.45) is 0 Å². The summed E-state index contributed by atoms with van der Waals surface area (Å²) >= 11 is 0. The lowest BCUT2D eigenvalue weighted by atomic mass is 10.3. The van der Waals surface area contributed by atoms with Gasteiger partial charge in [-0.1, -0.05) is 0 Å². The molecule has 0 aromatic heterocycles. The van der Waals surface area contributed by atoms with Crippen molar-refractivity contribution in [3.63, 3.8) is 0 Å². The number of carbonyl (C=O) groups is 2. The number of amides is 2. The molecule has 1 aromatic rings. The molecule has 0 atom stereocenters. The van der Waals surface area contributed by atoms with Crippen molar-refractivity contribution in [3.8, 4) is 0 Å². The fraction of sp³-hybridized carbons (Fsp3) is 0.200. The maximum atomic E-state index is 11.9. The highest BCUT2D eigenvalue weighted by molar-refractivity contribution is 5.95. The van der Waals surface area contributed by atoms with E-state index in [0.29, 0.717) is 5.69 Å². The van der Waals surface area contributed by atoms with Gasteiger partial charge in [-0.3, -0.25) is 10.1 Å². The predicted molar refractivity (Wildman–Crippen MR) is 57.2 cm³/mol. The van der Waals surface area contributed by atoms with E-state index in [1.807, 2.05) is 0 Å². The van der Waals surface area contributed by atoms with Gasteiger partial charge < -0.3 is 10.1 Å². The Kier molecular flexibility index (Phi) is 4.13. The molecular formula is C10H9F3N2O3. The molecular weight excluding hydrogens is 253 g/mol. The molecule has 1 rings (SSSR count). The Hall–Kier alpha value is -2.25. The van der Waals surface area contributed by atoms with Crippen LogP contribution in [0.25, 0.3) is 0 Å². The van der Waals surface area contributed by atoms with Crippen LogP contribution < -0.4 is 10.6 Å².